The third kappa shape index (κ3) is 3.38. The largest absolute Gasteiger partial charge is 0.323 e. The summed E-state index contributed by atoms with van der Waals surface area (Å²) in [6.45, 7) is 4.32. The van der Waals surface area contributed by atoms with Crippen LogP contribution in [0, 0.1) is 5.92 Å². The molecule has 0 aliphatic carbocycles. The van der Waals surface area contributed by atoms with Crippen molar-refractivity contribution in [3.63, 3.8) is 0 Å². The molecule has 0 aliphatic rings. The number of rotatable bonds is 4. The molecule has 1 atom stereocenters. The van der Waals surface area contributed by atoms with Crippen LogP contribution in [0.15, 0.2) is 35.2 Å². The van der Waals surface area contributed by atoms with Gasteiger partial charge >= 0.3 is 0 Å². The van der Waals surface area contributed by atoms with Gasteiger partial charge in [-0.3, -0.25) is 0 Å². The van der Waals surface area contributed by atoms with Crippen molar-refractivity contribution in [2.24, 2.45) is 11.7 Å². The molecule has 1 heterocycles. The second-order valence-corrected chi connectivity index (χ2v) is 6.34. The van der Waals surface area contributed by atoms with E-state index < -0.39 is 0 Å². The van der Waals surface area contributed by atoms with Crippen molar-refractivity contribution in [2.45, 2.75) is 26.3 Å². The van der Waals surface area contributed by atoms with E-state index in [1.807, 2.05) is 29.0 Å². The Balaban J connectivity index is 2.38. The van der Waals surface area contributed by atoms with Gasteiger partial charge in [0.15, 0.2) is 0 Å². The predicted molar refractivity (Wildman–Crippen MR) is 82.7 cm³/mol. The van der Waals surface area contributed by atoms with E-state index in [4.69, 9.17) is 17.3 Å². The molecule has 0 saturated heterocycles. The van der Waals surface area contributed by atoms with Gasteiger partial charge in [-0.15, -0.1) is 0 Å². The van der Waals surface area contributed by atoms with Crippen molar-refractivity contribution in [1.29, 1.82) is 0 Å². The first-order valence-corrected chi connectivity index (χ1v) is 7.39. The van der Waals surface area contributed by atoms with Gasteiger partial charge in [-0.1, -0.05) is 41.4 Å². The third-order valence-corrected chi connectivity index (χ3v) is 3.74. The summed E-state index contributed by atoms with van der Waals surface area (Å²) in [5.41, 5.74) is 8.13. The fourth-order valence-electron chi connectivity index (χ4n) is 2.09. The van der Waals surface area contributed by atoms with Crippen molar-refractivity contribution in [2.75, 3.05) is 0 Å². The van der Waals surface area contributed by atoms with Crippen LogP contribution in [0.4, 0.5) is 0 Å². The first-order chi connectivity index (χ1) is 8.99. The highest BCUT2D eigenvalue weighted by atomic mass is 79.9. The van der Waals surface area contributed by atoms with Crippen LogP contribution in [0.2, 0.25) is 5.02 Å². The quantitative estimate of drug-likeness (QED) is 0.898. The Morgan fingerprint density at radius 1 is 1.42 bits per heavy atom. The average molecular weight is 343 g/mol. The topological polar surface area (TPSA) is 43.8 Å². The Hall–Kier alpha value is -0.840. The zero-order valence-corrected chi connectivity index (χ0v) is 13.3. The van der Waals surface area contributed by atoms with E-state index in [-0.39, 0.29) is 6.04 Å². The molecule has 1 unspecified atom stereocenters. The monoisotopic (exact) mass is 341 g/mol. The first-order valence-electron chi connectivity index (χ1n) is 6.22. The SMILES string of the molecule is CC(C)CC(N)c1cncn1-c1ccc(Br)cc1Cl. The van der Waals surface area contributed by atoms with Gasteiger partial charge < -0.3 is 10.3 Å². The molecule has 0 saturated carbocycles. The van der Waals surface area contributed by atoms with Crippen LogP contribution in [0.1, 0.15) is 32.0 Å². The predicted octanol–water partition coefficient (Wildman–Crippen LogP) is 4.33. The van der Waals surface area contributed by atoms with Gasteiger partial charge in [0.25, 0.3) is 0 Å². The maximum atomic E-state index is 6.28. The van der Waals surface area contributed by atoms with Crippen LogP contribution in [0.3, 0.4) is 0 Å². The molecular formula is C14H17BrClN3. The van der Waals surface area contributed by atoms with E-state index in [0.717, 1.165) is 22.3 Å². The molecule has 1 aromatic carbocycles. The molecule has 0 amide bonds. The molecule has 19 heavy (non-hydrogen) atoms. The van der Waals surface area contributed by atoms with Crippen LogP contribution < -0.4 is 5.73 Å². The Labute approximate surface area is 126 Å². The summed E-state index contributed by atoms with van der Waals surface area (Å²) >= 11 is 9.69. The van der Waals surface area contributed by atoms with Crippen LogP contribution in [0.5, 0.6) is 0 Å². The minimum absolute atomic E-state index is 0.0396. The molecule has 2 aromatic rings. The smallest absolute Gasteiger partial charge is 0.0995 e. The second kappa shape index (κ2) is 6.07. The van der Waals surface area contributed by atoms with E-state index in [1.165, 1.54) is 0 Å². The molecule has 0 bridgehead atoms. The number of nitrogens with zero attached hydrogens (tertiary/aromatic N) is 2. The number of hydrogen-bond donors (Lipinski definition) is 1. The van der Waals surface area contributed by atoms with Gasteiger partial charge in [-0.05, 0) is 30.5 Å². The van der Waals surface area contributed by atoms with Crippen molar-refractivity contribution in [3.8, 4) is 5.69 Å². The molecule has 0 aliphatic heterocycles. The lowest BCUT2D eigenvalue weighted by atomic mass is 10.0. The van der Waals surface area contributed by atoms with Gasteiger partial charge in [0.05, 0.1) is 28.9 Å². The molecule has 0 radical (unpaired) electrons. The zero-order chi connectivity index (χ0) is 14.0. The molecular weight excluding hydrogens is 326 g/mol. The Morgan fingerprint density at radius 3 is 2.79 bits per heavy atom. The average Bonchev–Trinajstić information content (AvgIpc) is 2.76. The minimum Gasteiger partial charge on any atom is -0.323 e. The number of benzene rings is 1. The molecule has 5 heteroatoms. The normalized spacial score (nSPS) is 12.9. The highest BCUT2D eigenvalue weighted by Gasteiger charge is 2.15. The van der Waals surface area contributed by atoms with Gasteiger partial charge in [-0.25, -0.2) is 4.98 Å². The van der Waals surface area contributed by atoms with E-state index in [2.05, 4.69) is 34.8 Å². The molecule has 0 spiro atoms. The fraction of sp³-hybridized carbons (Fsp3) is 0.357. The summed E-state index contributed by atoms with van der Waals surface area (Å²) in [4.78, 5) is 4.20. The van der Waals surface area contributed by atoms with Crippen molar-refractivity contribution < 1.29 is 0 Å². The van der Waals surface area contributed by atoms with E-state index >= 15 is 0 Å². The van der Waals surface area contributed by atoms with Gasteiger partial charge in [0, 0.05) is 10.5 Å². The summed E-state index contributed by atoms with van der Waals surface area (Å²) in [5, 5.41) is 0.672. The molecule has 3 nitrogen and oxygen atoms in total. The summed E-state index contributed by atoms with van der Waals surface area (Å²) in [6, 6.07) is 5.75. The lowest BCUT2D eigenvalue weighted by Gasteiger charge is -2.17. The summed E-state index contributed by atoms with van der Waals surface area (Å²) in [6.07, 6.45) is 4.48. The Morgan fingerprint density at radius 2 is 2.16 bits per heavy atom. The lowest BCUT2D eigenvalue weighted by Crippen LogP contribution is -2.16. The summed E-state index contributed by atoms with van der Waals surface area (Å²) in [7, 11) is 0. The summed E-state index contributed by atoms with van der Waals surface area (Å²) in [5.74, 6) is 0.540. The van der Waals surface area contributed by atoms with Crippen LogP contribution in [-0.2, 0) is 0 Å². The van der Waals surface area contributed by atoms with Gasteiger partial charge in [0.1, 0.15) is 0 Å². The molecule has 1 aromatic heterocycles. The number of aromatic nitrogens is 2. The first kappa shape index (κ1) is 14.6. The van der Waals surface area contributed by atoms with Crippen LogP contribution in [-0.4, -0.2) is 9.55 Å². The van der Waals surface area contributed by atoms with Gasteiger partial charge in [0.2, 0.25) is 0 Å². The zero-order valence-electron chi connectivity index (χ0n) is 11.0. The minimum atomic E-state index is -0.0396. The van der Waals surface area contributed by atoms with Crippen LogP contribution >= 0.6 is 27.5 Å². The number of imidazole rings is 1. The number of nitrogens with two attached hydrogens (primary N) is 1. The molecule has 0 fully saturated rings. The maximum absolute atomic E-state index is 6.28. The Kier molecular flexibility index (Phi) is 4.66. The van der Waals surface area contributed by atoms with Crippen LogP contribution in [0.25, 0.3) is 5.69 Å². The molecule has 102 valence electrons. The lowest BCUT2D eigenvalue weighted by molar-refractivity contribution is 0.498. The van der Waals surface area contributed by atoms with E-state index in [9.17, 15) is 0 Å². The highest BCUT2D eigenvalue weighted by molar-refractivity contribution is 9.10. The fourth-order valence-corrected chi connectivity index (χ4v) is 2.85. The third-order valence-electron chi connectivity index (χ3n) is 2.94. The highest BCUT2D eigenvalue weighted by Crippen LogP contribution is 2.28. The number of hydrogen-bond acceptors (Lipinski definition) is 2. The number of halogens is 2. The standard InChI is InChI=1S/C14H17BrClN3/c1-9(2)5-12(17)14-7-18-8-19(14)13-4-3-10(15)6-11(13)16/h3-4,6-9,12H,5,17H2,1-2H3. The van der Waals surface area contributed by atoms with Crippen molar-refractivity contribution in [3.05, 3.63) is 45.9 Å². The Bertz CT molecular complexity index is 566. The van der Waals surface area contributed by atoms with E-state index in [1.54, 1.807) is 6.33 Å². The maximum Gasteiger partial charge on any atom is 0.0995 e. The van der Waals surface area contributed by atoms with Crippen molar-refractivity contribution in [1.82, 2.24) is 9.55 Å². The second-order valence-electron chi connectivity index (χ2n) is 5.02. The summed E-state index contributed by atoms with van der Waals surface area (Å²) < 4.78 is 2.91. The van der Waals surface area contributed by atoms with E-state index in [0.29, 0.717) is 10.9 Å². The van der Waals surface area contributed by atoms with Crippen molar-refractivity contribution >= 4 is 27.5 Å². The molecule has 2 N–H and O–H groups in total. The van der Waals surface area contributed by atoms with Gasteiger partial charge in [-0.2, -0.15) is 0 Å². The molecule has 2 rings (SSSR count).